The number of halogens is 1. The predicted molar refractivity (Wildman–Crippen MR) is 82.8 cm³/mol. The maximum atomic E-state index is 11.9. The molecule has 0 amide bonds. The number of rotatable bonds is 3. The van der Waals surface area contributed by atoms with Crippen LogP contribution in [0.25, 0.3) is 6.08 Å². The summed E-state index contributed by atoms with van der Waals surface area (Å²) in [5.74, 6) is 0.267. The van der Waals surface area contributed by atoms with Crippen molar-refractivity contribution in [1.82, 2.24) is 4.98 Å². The van der Waals surface area contributed by atoms with Gasteiger partial charge in [0.15, 0.2) is 5.70 Å². The molecule has 2 aromatic rings. The normalized spacial score (nSPS) is 15.6. The highest BCUT2D eigenvalue weighted by molar-refractivity contribution is 6.34. The number of aromatic nitrogens is 1. The van der Waals surface area contributed by atoms with E-state index in [1.807, 2.05) is 6.07 Å². The van der Waals surface area contributed by atoms with Crippen LogP contribution in [0.1, 0.15) is 11.1 Å². The molecule has 110 valence electrons. The minimum atomic E-state index is -0.522. The second-order valence-electron chi connectivity index (χ2n) is 4.47. The van der Waals surface area contributed by atoms with Crippen molar-refractivity contribution in [2.24, 2.45) is 4.99 Å². The lowest BCUT2D eigenvalue weighted by molar-refractivity contribution is -0.129. The van der Waals surface area contributed by atoms with Crippen molar-refractivity contribution in [2.75, 3.05) is 7.11 Å². The standard InChI is InChI=1S/C16H11ClN2O3/c1-21-11-4-5-12(13(17)8-11)15-19-14(16(20)22-15)7-10-3-2-6-18-9-10/h2-9H,1H3/b14-7-. The molecular weight excluding hydrogens is 304 g/mol. The minimum absolute atomic E-state index is 0.174. The van der Waals surface area contributed by atoms with E-state index in [1.54, 1.807) is 49.8 Å². The Morgan fingerprint density at radius 1 is 1.32 bits per heavy atom. The molecule has 3 rings (SSSR count). The molecule has 0 saturated carbocycles. The lowest BCUT2D eigenvalue weighted by Crippen LogP contribution is -2.06. The summed E-state index contributed by atoms with van der Waals surface area (Å²) >= 11 is 6.16. The van der Waals surface area contributed by atoms with Gasteiger partial charge in [0.1, 0.15) is 5.75 Å². The first-order valence-corrected chi connectivity index (χ1v) is 6.81. The van der Waals surface area contributed by atoms with Gasteiger partial charge in [0, 0.05) is 12.4 Å². The van der Waals surface area contributed by atoms with Gasteiger partial charge in [-0.2, -0.15) is 0 Å². The van der Waals surface area contributed by atoms with E-state index in [1.165, 1.54) is 0 Å². The second-order valence-corrected chi connectivity index (χ2v) is 4.88. The van der Waals surface area contributed by atoms with E-state index in [0.29, 0.717) is 16.3 Å². The van der Waals surface area contributed by atoms with Crippen molar-refractivity contribution < 1.29 is 14.3 Å². The second kappa shape index (κ2) is 5.99. The Hall–Kier alpha value is -2.66. The van der Waals surface area contributed by atoms with Gasteiger partial charge in [-0.15, -0.1) is 0 Å². The third-order valence-electron chi connectivity index (χ3n) is 3.01. The van der Waals surface area contributed by atoms with Crippen LogP contribution < -0.4 is 4.74 Å². The molecule has 0 fully saturated rings. The van der Waals surface area contributed by atoms with Gasteiger partial charge in [-0.05, 0) is 35.9 Å². The van der Waals surface area contributed by atoms with Crippen LogP contribution in [0.4, 0.5) is 0 Å². The molecule has 0 unspecified atom stereocenters. The number of nitrogens with zero attached hydrogens (tertiary/aromatic N) is 2. The molecule has 0 atom stereocenters. The fourth-order valence-electron chi connectivity index (χ4n) is 1.94. The quantitative estimate of drug-likeness (QED) is 0.645. The monoisotopic (exact) mass is 314 g/mol. The molecule has 2 heterocycles. The smallest absolute Gasteiger partial charge is 0.363 e. The summed E-state index contributed by atoms with van der Waals surface area (Å²) in [4.78, 5) is 20.1. The molecule has 0 spiro atoms. The highest BCUT2D eigenvalue weighted by Gasteiger charge is 2.25. The summed E-state index contributed by atoms with van der Waals surface area (Å²) in [6, 6.07) is 8.65. The highest BCUT2D eigenvalue weighted by Crippen LogP contribution is 2.26. The Morgan fingerprint density at radius 2 is 2.18 bits per heavy atom. The summed E-state index contributed by atoms with van der Waals surface area (Å²) in [7, 11) is 1.55. The number of carbonyl (C=O) groups excluding carboxylic acids is 1. The molecule has 5 nitrogen and oxygen atoms in total. The van der Waals surface area contributed by atoms with Gasteiger partial charge in [0.05, 0.1) is 17.7 Å². The number of methoxy groups -OCH3 is 1. The average molecular weight is 315 g/mol. The van der Waals surface area contributed by atoms with Crippen LogP contribution in [0, 0.1) is 0 Å². The zero-order valence-corrected chi connectivity index (χ0v) is 12.4. The number of pyridine rings is 1. The number of hydrogen-bond acceptors (Lipinski definition) is 5. The van der Waals surface area contributed by atoms with E-state index >= 15 is 0 Å². The molecule has 0 bridgehead atoms. The third-order valence-corrected chi connectivity index (χ3v) is 3.33. The topological polar surface area (TPSA) is 60.8 Å². The Kier molecular flexibility index (Phi) is 3.89. The lowest BCUT2D eigenvalue weighted by atomic mass is 10.2. The van der Waals surface area contributed by atoms with E-state index in [0.717, 1.165) is 5.56 Å². The Balaban J connectivity index is 1.95. The van der Waals surface area contributed by atoms with E-state index in [4.69, 9.17) is 21.1 Å². The van der Waals surface area contributed by atoms with Gasteiger partial charge >= 0.3 is 5.97 Å². The molecule has 22 heavy (non-hydrogen) atoms. The van der Waals surface area contributed by atoms with Gasteiger partial charge in [-0.3, -0.25) is 4.98 Å². The number of cyclic esters (lactones) is 1. The summed E-state index contributed by atoms with van der Waals surface area (Å²) < 4.78 is 10.3. The SMILES string of the molecule is COc1ccc(C2=N/C(=C\c3cccnc3)C(=O)O2)c(Cl)c1. The van der Waals surface area contributed by atoms with Crippen LogP contribution in [0.15, 0.2) is 53.4 Å². The maximum absolute atomic E-state index is 11.9. The Bertz CT molecular complexity index is 785. The predicted octanol–water partition coefficient (Wildman–Crippen LogP) is 3.09. The number of ether oxygens (including phenoxy) is 2. The van der Waals surface area contributed by atoms with Gasteiger partial charge in [0.2, 0.25) is 5.90 Å². The van der Waals surface area contributed by atoms with E-state index < -0.39 is 5.97 Å². The first-order valence-electron chi connectivity index (χ1n) is 6.44. The van der Waals surface area contributed by atoms with Crippen LogP contribution in [-0.4, -0.2) is 24.0 Å². The molecule has 1 aliphatic rings. The van der Waals surface area contributed by atoms with E-state index in [-0.39, 0.29) is 11.6 Å². The molecule has 0 saturated heterocycles. The fourth-order valence-corrected chi connectivity index (χ4v) is 2.19. The number of carbonyl (C=O) groups is 1. The minimum Gasteiger partial charge on any atom is -0.497 e. The Morgan fingerprint density at radius 3 is 2.86 bits per heavy atom. The maximum Gasteiger partial charge on any atom is 0.363 e. The molecule has 1 aromatic heterocycles. The van der Waals surface area contributed by atoms with Crippen molar-refractivity contribution in [1.29, 1.82) is 0 Å². The van der Waals surface area contributed by atoms with Gasteiger partial charge < -0.3 is 9.47 Å². The summed E-state index contributed by atoms with van der Waals surface area (Å²) in [5.41, 5.74) is 1.50. The zero-order valence-electron chi connectivity index (χ0n) is 11.6. The summed E-state index contributed by atoms with van der Waals surface area (Å²) in [5, 5.41) is 0.397. The first-order chi connectivity index (χ1) is 10.7. The van der Waals surface area contributed by atoms with Gasteiger partial charge in [-0.1, -0.05) is 17.7 Å². The molecule has 1 aliphatic heterocycles. The van der Waals surface area contributed by atoms with Crippen LogP contribution in [0.3, 0.4) is 0 Å². The van der Waals surface area contributed by atoms with Crippen molar-refractivity contribution in [3.05, 3.63) is 64.6 Å². The molecule has 1 aromatic carbocycles. The number of hydrogen-bond donors (Lipinski definition) is 0. The lowest BCUT2D eigenvalue weighted by Gasteiger charge is -2.05. The summed E-state index contributed by atoms with van der Waals surface area (Å²) in [6.45, 7) is 0. The van der Waals surface area contributed by atoms with Crippen LogP contribution >= 0.6 is 11.6 Å². The van der Waals surface area contributed by atoms with Crippen LogP contribution in [0.5, 0.6) is 5.75 Å². The first kappa shape index (κ1) is 14.3. The fraction of sp³-hybridized carbons (Fsp3) is 0.0625. The van der Waals surface area contributed by atoms with Crippen molar-refractivity contribution in [3.8, 4) is 5.75 Å². The van der Waals surface area contributed by atoms with E-state index in [2.05, 4.69) is 9.98 Å². The van der Waals surface area contributed by atoms with Crippen molar-refractivity contribution in [3.63, 3.8) is 0 Å². The Labute approximate surface area is 131 Å². The molecule has 0 N–H and O–H groups in total. The summed E-state index contributed by atoms with van der Waals surface area (Å²) in [6.07, 6.45) is 4.90. The zero-order chi connectivity index (χ0) is 15.5. The molecule has 0 radical (unpaired) electrons. The highest BCUT2D eigenvalue weighted by atomic mass is 35.5. The van der Waals surface area contributed by atoms with Crippen LogP contribution in [-0.2, 0) is 9.53 Å². The van der Waals surface area contributed by atoms with Gasteiger partial charge in [0.25, 0.3) is 0 Å². The largest absolute Gasteiger partial charge is 0.497 e. The molecule has 6 heteroatoms. The van der Waals surface area contributed by atoms with E-state index in [9.17, 15) is 4.79 Å². The average Bonchev–Trinajstić information content (AvgIpc) is 2.89. The number of aliphatic imine (C=N–C) groups is 1. The molecule has 0 aliphatic carbocycles. The molecular formula is C16H11ClN2O3. The van der Waals surface area contributed by atoms with Gasteiger partial charge in [-0.25, -0.2) is 9.79 Å². The van der Waals surface area contributed by atoms with Crippen molar-refractivity contribution in [2.45, 2.75) is 0 Å². The third kappa shape index (κ3) is 2.84. The van der Waals surface area contributed by atoms with Crippen LogP contribution in [0.2, 0.25) is 5.02 Å². The van der Waals surface area contributed by atoms with Crippen molar-refractivity contribution >= 4 is 29.5 Å². The number of esters is 1. The number of benzene rings is 1.